The van der Waals surface area contributed by atoms with Crippen LogP contribution in [0.15, 0.2) is 40.8 Å². The fourth-order valence-corrected chi connectivity index (χ4v) is 4.87. The van der Waals surface area contributed by atoms with Gasteiger partial charge in [0.15, 0.2) is 5.96 Å². The van der Waals surface area contributed by atoms with Crippen LogP contribution in [0.25, 0.3) is 0 Å². The third-order valence-corrected chi connectivity index (χ3v) is 6.29. The zero-order valence-electron chi connectivity index (χ0n) is 17.7. The van der Waals surface area contributed by atoms with Gasteiger partial charge in [-0.1, -0.05) is 12.1 Å². The average molecular weight is 528 g/mol. The van der Waals surface area contributed by atoms with Crippen LogP contribution in [-0.2, 0) is 6.42 Å². The van der Waals surface area contributed by atoms with Gasteiger partial charge in [-0.05, 0) is 75.7 Å². The summed E-state index contributed by atoms with van der Waals surface area (Å²) in [7, 11) is 2.25. The molecule has 7 heteroatoms. The topological polar surface area (TPSA) is 52.6 Å². The number of nitrogens with zero attached hydrogens (tertiary/aromatic N) is 3. The summed E-state index contributed by atoms with van der Waals surface area (Å²) in [4.78, 5) is 13.3. The highest BCUT2D eigenvalue weighted by atomic mass is 127. The Labute approximate surface area is 196 Å². The Morgan fingerprint density at radius 3 is 2.86 bits per heavy atom. The summed E-state index contributed by atoms with van der Waals surface area (Å²) in [5.74, 6) is 1.48. The van der Waals surface area contributed by atoms with Gasteiger partial charge in [0.25, 0.3) is 0 Å². The number of pyridine rings is 1. The first-order chi connectivity index (χ1) is 13.7. The molecule has 0 radical (unpaired) electrons. The Balaban J connectivity index is 0.00000300. The molecule has 0 aliphatic carbocycles. The number of piperidine rings is 1. The fourth-order valence-electron chi connectivity index (χ4n) is 3.88. The number of aliphatic imine (C=N–C) groups is 1. The van der Waals surface area contributed by atoms with Crippen molar-refractivity contribution in [3.63, 3.8) is 0 Å². The van der Waals surface area contributed by atoms with Gasteiger partial charge in [0, 0.05) is 42.4 Å². The number of nitrogens with one attached hydrogen (secondary N) is 2. The van der Waals surface area contributed by atoms with Gasteiger partial charge in [0.1, 0.15) is 0 Å². The van der Waals surface area contributed by atoms with Crippen LogP contribution in [0.2, 0.25) is 0 Å². The molecule has 2 aromatic heterocycles. The molecule has 0 aromatic carbocycles. The first-order valence-corrected chi connectivity index (χ1v) is 11.2. The van der Waals surface area contributed by atoms with E-state index in [0.29, 0.717) is 12.0 Å². The van der Waals surface area contributed by atoms with E-state index >= 15 is 0 Å². The van der Waals surface area contributed by atoms with E-state index in [0.717, 1.165) is 37.7 Å². The summed E-state index contributed by atoms with van der Waals surface area (Å²) in [5.41, 5.74) is 2.31. The monoisotopic (exact) mass is 527 g/mol. The van der Waals surface area contributed by atoms with E-state index in [2.05, 4.69) is 64.1 Å². The maximum atomic E-state index is 4.93. The number of thiophene rings is 1. The molecule has 2 unspecified atom stereocenters. The van der Waals surface area contributed by atoms with Gasteiger partial charge in [0.2, 0.25) is 0 Å². The number of halogens is 1. The average Bonchev–Trinajstić information content (AvgIpc) is 3.22. The van der Waals surface area contributed by atoms with Crippen LogP contribution in [0.1, 0.15) is 41.9 Å². The van der Waals surface area contributed by atoms with Gasteiger partial charge in [0.05, 0.1) is 0 Å². The lowest BCUT2D eigenvalue weighted by atomic mass is 9.88. The molecular weight excluding hydrogens is 493 g/mol. The van der Waals surface area contributed by atoms with E-state index in [4.69, 9.17) is 4.99 Å². The first kappa shape index (κ1) is 24.1. The summed E-state index contributed by atoms with van der Waals surface area (Å²) in [6.45, 7) is 7.89. The molecule has 0 bridgehead atoms. The van der Waals surface area contributed by atoms with Crippen molar-refractivity contribution in [3.05, 3.63) is 52.0 Å². The fraction of sp³-hybridized carbons (Fsp3) is 0.545. The minimum atomic E-state index is 0. The molecule has 2 aromatic rings. The Morgan fingerprint density at radius 2 is 2.17 bits per heavy atom. The maximum absolute atomic E-state index is 4.93. The molecule has 0 amide bonds. The lowest BCUT2D eigenvalue weighted by Gasteiger charge is -2.38. The van der Waals surface area contributed by atoms with Crippen molar-refractivity contribution in [3.8, 4) is 0 Å². The summed E-state index contributed by atoms with van der Waals surface area (Å²) in [6, 6.07) is 9.14. The van der Waals surface area contributed by atoms with E-state index in [9.17, 15) is 0 Å². The molecule has 1 saturated heterocycles. The van der Waals surface area contributed by atoms with Gasteiger partial charge in [-0.15, -0.1) is 35.3 Å². The highest BCUT2D eigenvalue weighted by molar-refractivity contribution is 14.0. The predicted molar refractivity (Wildman–Crippen MR) is 134 cm³/mol. The van der Waals surface area contributed by atoms with Gasteiger partial charge < -0.3 is 10.6 Å². The number of guanidine groups is 1. The zero-order chi connectivity index (χ0) is 19.8. The highest BCUT2D eigenvalue weighted by Crippen LogP contribution is 2.37. The summed E-state index contributed by atoms with van der Waals surface area (Å²) in [6.07, 6.45) is 5.40. The van der Waals surface area contributed by atoms with Crippen molar-refractivity contribution < 1.29 is 0 Å². The van der Waals surface area contributed by atoms with Crippen LogP contribution in [-0.4, -0.2) is 49.1 Å². The number of hydrogen-bond donors (Lipinski definition) is 2. The molecule has 29 heavy (non-hydrogen) atoms. The highest BCUT2D eigenvalue weighted by Gasteiger charge is 2.31. The smallest absolute Gasteiger partial charge is 0.191 e. The second-order valence-electron chi connectivity index (χ2n) is 7.55. The first-order valence-electron chi connectivity index (χ1n) is 10.3. The van der Waals surface area contributed by atoms with E-state index < -0.39 is 0 Å². The lowest BCUT2D eigenvalue weighted by Crippen LogP contribution is -2.40. The summed E-state index contributed by atoms with van der Waals surface area (Å²) < 4.78 is 0. The third-order valence-electron chi connectivity index (χ3n) is 5.35. The number of hydrogen-bond acceptors (Lipinski definition) is 4. The van der Waals surface area contributed by atoms with Gasteiger partial charge in [-0.3, -0.25) is 14.9 Å². The minimum Gasteiger partial charge on any atom is -0.357 e. The van der Waals surface area contributed by atoms with E-state index in [1.165, 1.54) is 29.8 Å². The molecule has 1 fully saturated rings. The SMILES string of the molecule is CCNC(=NCC1CCCN(C)C1c1cccs1)NCCc1ccc(C)nc1.I. The maximum Gasteiger partial charge on any atom is 0.191 e. The molecule has 2 N–H and O–H groups in total. The molecule has 1 aliphatic rings. The largest absolute Gasteiger partial charge is 0.357 e. The predicted octanol–water partition coefficient (Wildman–Crippen LogP) is 4.25. The van der Waals surface area contributed by atoms with Gasteiger partial charge in [-0.25, -0.2) is 0 Å². The molecule has 0 spiro atoms. The van der Waals surface area contributed by atoms with Crippen molar-refractivity contribution in [2.45, 2.75) is 39.2 Å². The molecular formula is C22H34IN5S. The molecule has 1 aliphatic heterocycles. The number of aryl methyl sites for hydroxylation is 1. The standard InChI is InChI=1S/C22H33N5S.HI/c1-4-23-22(24-12-11-18-10-9-17(2)25-15-18)26-16-19-7-5-13-27(3)21(19)20-8-6-14-28-20;/h6,8-10,14-15,19,21H,4-5,7,11-13,16H2,1-3H3,(H2,23,24,26);1H. The third kappa shape index (κ3) is 7.22. The van der Waals surface area contributed by atoms with Crippen molar-refractivity contribution in [1.82, 2.24) is 20.5 Å². The molecule has 3 heterocycles. The second kappa shape index (κ2) is 12.5. The Bertz CT molecular complexity index is 732. The summed E-state index contributed by atoms with van der Waals surface area (Å²) >= 11 is 1.87. The van der Waals surface area contributed by atoms with Crippen LogP contribution in [0.3, 0.4) is 0 Å². The van der Waals surface area contributed by atoms with E-state index in [1.807, 2.05) is 24.5 Å². The Kier molecular flexibility index (Phi) is 10.4. The van der Waals surface area contributed by atoms with E-state index in [1.54, 1.807) is 0 Å². The van der Waals surface area contributed by atoms with Crippen LogP contribution < -0.4 is 10.6 Å². The minimum absolute atomic E-state index is 0. The normalized spacial score (nSPS) is 20.2. The second-order valence-corrected chi connectivity index (χ2v) is 8.53. The quantitative estimate of drug-likeness (QED) is 0.321. The molecule has 0 saturated carbocycles. The van der Waals surface area contributed by atoms with Crippen LogP contribution in [0, 0.1) is 12.8 Å². The van der Waals surface area contributed by atoms with Crippen molar-refractivity contribution in [2.75, 3.05) is 33.2 Å². The summed E-state index contributed by atoms with van der Waals surface area (Å²) in [5, 5.41) is 9.06. The molecule has 5 nitrogen and oxygen atoms in total. The zero-order valence-corrected chi connectivity index (χ0v) is 20.9. The number of rotatable bonds is 7. The van der Waals surface area contributed by atoms with E-state index in [-0.39, 0.29) is 24.0 Å². The number of aromatic nitrogens is 1. The van der Waals surface area contributed by atoms with Crippen LogP contribution in [0.5, 0.6) is 0 Å². The van der Waals surface area contributed by atoms with Crippen molar-refractivity contribution in [2.24, 2.45) is 10.9 Å². The Hall–Kier alpha value is -1.19. The molecule has 2 atom stereocenters. The van der Waals surface area contributed by atoms with Crippen molar-refractivity contribution in [1.29, 1.82) is 0 Å². The van der Waals surface area contributed by atoms with Gasteiger partial charge in [-0.2, -0.15) is 0 Å². The lowest BCUT2D eigenvalue weighted by molar-refractivity contribution is 0.128. The Morgan fingerprint density at radius 1 is 1.31 bits per heavy atom. The van der Waals surface area contributed by atoms with Gasteiger partial charge >= 0.3 is 0 Å². The van der Waals surface area contributed by atoms with Crippen LogP contribution >= 0.6 is 35.3 Å². The molecule has 160 valence electrons. The van der Waals surface area contributed by atoms with Crippen LogP contribution in [0.4, 0.5) is 0 Å². The van der Waals surface area contributed by atoms with Crippen molar-refractivity contribution >= 4 is 41.3 Å². The number of likely N-dealkylation sites (tertiary alicyclic amines) is 1. The molecule has 3 rings (SSSR count).